The molecular weight excluding hydrogens is 260 g/mol. The second-order valence-corrected chi connectivity index (χ2v) is 5.91. The van der Waals surface area contributed by atoms with Crippen molar-refractivity contribution >= 4 is 5.96 Å². The van der Waals surface area contributed by atoms with E-state index in [0.717, 1.165) is 13.0 Å². The van der Waals surface area contributed by atoms with E-state index in [1.807, 2.05) is 0 Å². The van der Waals surface area contributed by atoms with Crippen molar-refractivity contribution in [2.45, 2.75) is 52.2 Å². The first-order chi connectivity index (χ1) is 10.2. The van der Waals surface area contributed by atoms with Crippen molar-refractivity contribution < 1.29 is 0 Å². The van der Waals surface area contributed by atoms with Crippen LogP contribution in [-0.4, -0.2) is 30.0 Å². The number of rotatable bonds is 6. The topological polar surface area (TPSA) is 53.6 Å². The molecule has 1 aromatic carbocycles. The van der Waals surface area contributed by atoms with E-state index in [2.05, 4.69) is 53.3 Å². The molecule has 1 heterocycles. The molecule has 1 unspecified atom stereocenters. The van der Waals surface area contributed by atoms with Gasteiger partial charge in [0.05, 0.1) is 6.54 Å². The average Bonchev–Trinajstić information content (AvgIpc) is 2.99. The highest BCUT2D eigenvalue weighted by molar-refractivity contribution is 5.78. The van der Waals surface area contributed by atoms with Crippen LogP contribution in [0.15, 0.2) is 29.3 Å². The summed E-state index contributed by atoms with van der Waals surface area (Å²) in [6.07, 6.45) is 3.69. The molecule has 1 aliphatic rings. The molecule has 1 aromatic rings. The van der Waals surface area contributed by atoms with Crippen LogP contribution in [0.3, 0.4) is 0 Å². The summed E-state index contributed by atoms with van der Waals surface area (Å²) >= 11 is 0. The minimum atomic E-state index is 0.369. The highest BCUT2D eigenvalue weighted by Gasteiger charge is 2.13. The second kappa shape index (κ2) is 8.03. The van der Waals surface area contributed by atoms with E-state index in [9.17, 15) is 0 Å². The van der Waals surface area contributed by atoms with Gasteiger partial charge in [0.25, 0.3) is 0 Å². The van der Waals surface area contributed by atoms with Gasteiger partial charge in [0.15, 0.2) is 5.96 Å². The maximum Gasteiger partial charge on any atom is 0.189 e. The van der Waals surface area contributed by atoms with Crippen LogP contribution in [-0.2, 0) is 13.1 Å². The van der Waals surface area contributed by atoms with E-state index >= 15 is 0 Å². The van der Waals surface area contributed by atoms with Gasteiger partial charge in [-0.25, -0.2) is 4.99 Å². The summed E-state index contributed by atoms with van der Waals surface area (Å²) in [7, 11) is 0. The Balaban J connectivity index is 1.97. The van der Waals surface area contributed by atoms with Gasteiger partial charge >= 0.3 is 0 Å². The van der Waals surface area contributed by atoms with Crippen molar-refractivity contribution in [1.29, 1.82) is 0 Å². The van der Waals surface area contributed by atoms with Crippen LogP contribution in [0.2, 0.25) is 0 Å². The number of nitrogens with one attached hydrogen (secondary N) is 1. The van der Waals surface area contributed by atoms with E-state index < -0.39 is 0 Å². The highest BCUT2D eigenvalue weighted by Crippen LogP contribution is 2.16. The van der Waals surface area contributed by atoms with Crippen molar-refractivity contribution in [2.24, 2.45) is 10.7 Å². The Morgan fingerprint density at radius 1 is 1.29 bits per heavy atom. The van der Waals surface area contributed by atoms with Gasteiger partial charge < -0.3 is 11.1 Å². The number of nitrogens with zero attached hydrogens (tertiary/aromatic N) is 2. The fraction of sp³-hybridized carbons (Fsp3) is 0.588. The van der Waals surface area contributed by atoms with Crippen molar-refractivity contribution in [3.8, 4) is 0 Å². The molecule has 1 saturated heterocycles. The monoisotopic (exact) mass is 288 g/mol. The van der Waals surface area contributed by atoms with Gasteiger partial charge in [0, 0.05) is 12.6 Å². The molecule has 4 heteroatoms. The summed E-state index contributed by atoms with van der Waals surface area (Å²) < 4.78 is 0. The van der Waals surface area contributed by atoms with Gasteiger partial charge in [-0.15, -0.1) is 0 Å². The molecule has 0 radical (unpaired) electrons. The number of aliphatic imine (C=N–C) groups is 1. The summed E-state index contributed by atoms with van der Waals surface area (Å²) in [6.45, 7) is 8.37. The van der Waals surface area contributed by atoms with Crippen LogP contribution < -0.4 is 11.1 Å². The molecule has 0 aliphatic carbocycles. The van der Waals surface area contributed by atoms with E-state index in [4.69, 9.17) is 5.73 Å². The SMILES string of the molecule is CCC(C)NC(N)=NCc1ccccc1CN1CCCC1. The minimum absolute atomic E-state index is 0.369. The molecule has 0 aromatic heterocycles. The molecule has 3 N–H and O–H groups in total. The van der Waals surface area contributed by atoms with Crippen LogP contribution in [0.1, 0.15) is 44.2 Å². The van der Waals surface area contributed by atoms with Crippen molar-refractivity contribution in [3.05, 3.63) is 35.4 Å². The van der Waals surface area contributed by atoms with Crippen LogP contribution in [0.25, 0.3) is 0 Å². The van der Waals surface area contributed by atoms with Gasteiger partial charge in [0.1, 0.15) is 0 Å². The molecule has 2 rings (SSSR count). The summed E-state index contributed by atoms with van der Waals surface area (Å²) in [4.78, 5) is 7.00. The van der Waals surface area contributed by atoms with Gasteiger partial charge in [-0.3, -0.25) is 4.90 Å². The number of guanidine groups is 1. The molecule has 1 fully saturated rings. The smallest absolute Gasteiger partial charge is 0.189 e. The molecule has 0 amide bonds. The van der Waals surface area contributed by atoms with E-state index in [1.54, 1.807) is 0 Å². The lowest BCUT2D eigenvalue weighted by Gasteiger charge is -2.17. The highest BCUT2D eigenvalue weighted by atomic mass is 15.1. The first-order valence-corrected chi connectivity index (χ1v) is 8.04. The third-order valence-electron chi connectivity index (χ3n) is 4.14. The Bertz CT molecular complexity index is 464. The molecular formula is C17H28N4. The minimum Gasteiger partial charge on any atom is -0.370 e. The summed E-state index contributed by atoms with van der Waals surface area (Å²) in [5.41, 5.74) is 8.59. The Morgan fingerprint density at radius 3 is 2.62 bits per heavy atom. The number of benzene rings is 1. The number of nitrogens with two attached hydrogens (primary N) is 1. The normalized spacial score (nSPS) is 17.9. The first-order valence-electron chi connectivity index (χ1n) is 8.04. The Morgan fingerprint density at radius 2 is 1.95 bits per heavy atom. The summed E-state index contributed by atoms with van der Waals surface area (Å²) in [5.74, 6) is 0.542. The second-order valence-electron chi connectivity index (χ2n) is 5.91. The van der Waals surface area contributed by atoms with Gasteiger partial charge in [-0.2, -0.15) is 0 Å². The van der Waals surface area contributed by atoms with Crippen molar-refractivity contribution in [1.82, 2.24) is 10.2 Å². The first kappa shape index (κ1) is 15.8. The number of hydrogen-bond donors (Lipinski definition) is 2. The van der Waals surface area contributed by atoms with E-state index in [1.165, 1.54) is 37.1 Å². The standard InChI is InChI=1S/C17H28N4/c1-3-14(2)20-17(18)19-12-15-8-4-5-9-16(15)13-21-10-6-7-11-21/h4-5,8-9,14H,3,6-7,10-13H2,1-2H3,(H3,18,19,20). The zero-order valence-corrected chi connectivity index (χ0v) is 13.3. The van der Waals surface area contributed by atoms with Gasteiger partial charge in [-0.1, -0.05) is 31.2 Å². The molecule has 4 nitrogen and oxygen atoms in total. The van der Waals surface area contributed by atoms with Gasteiger partial charge in [0.2, 0.25) is 0 Å². The lowest BCUT2D eigenvalue weighted by atomic mass is 10.1. The maximum atomic E-state index is 5.94. The largest absolute Gasteiger partial charge is 0.370 e. The third-order valence-corrected chi connectivity index (χ3v) is 4.14. The van der Waals surface area contributed by atoms with Crippen LogP contribution in [0.4, 0.5) is 0 Å². The molecule has 1 atom stereocenters. The molecule has 0 bridgehead atoms. The van der Waals surface area contributed by atoms with E-state index in [-0.39, 0.29) is 0 Å². The number of likely N-dealkylation sites (tertiary alicyclic amines) is 1. The molecule has 116 valence electrons. The Labute approximate surface area is 128 Å². The van der Waals surface area contributed by atoms with Crippen molar-refractivity contribution in [2.75, 3.05) is 13.1 Å². The zero-order chi connectivity index (χ0) is 15.1. The predicted octanol–water partition coefficient (Wildman–Crippen LogP) is 2.49. The van der Waals surface area contributed by atoms with Crippen LogP contribution >= 0.6 is 0 Å². The predicted molar refractivity (Wildman–Crippen MR) is 89.2 cm³/mol. The molecule has 0 spiro atoms. The molecule has 21 heavy (non-hydrogen) atoms. The Kier molecular flexibility index (Phi) is 6.05. The lowest BCUT2D eigenvalue weighted by molar-refractivity contribution is 0.330. The molecule has 1 aliphatic heterocycles. The van der Waals surface area contributed by atoms with Gasteiger partial charge in [-0.05, 0) is 50.4 Å². The zero-order valence-electron chi connectivity index (χ0n) is 13.3. The fourth-order valence-corrected chi connectivity index (χ4v) is 2.62. The Hall–Kier alpha value is -1.55. The quantitative estimate of drug-likeness (QED) is 0.624. The van der Waals surface area contributed by atoms with Crippen LogP contribution in [0.5, 0.6) is 0 Å². The summed E-state index contributed by atoms with van der Waals surface area (Å²) in [6, 6.07) is 8.93. The maximum absolute atomic E-state index is 5.94. The molecule has 0 saturated carbocycles. The lowest BCUT2D eigenvalue weighted by Crippen LogP contribution is -2.38. The van der Waals surface area contributed by atoms with Crippen molar-refractivity contribution in [3.63, 3.8) is 0 Å². The fourth-order valence-electron chi connectivity index (χ4n) is 2.62. The summed E-state index contributed by atoms with van der Waals surface area (Å²) in [5, 5.41) is 3.21. The van der Waals surface area contributed by atoms with E-state index in [0.29, 0.717) is 18.5 Å². The average molecular weight is 288 g/mol. The van der Waals surface area contributed by atoms with Crippen LogP contribution in [0, 0.1) is 0 Å². The third kappa shape index (κ3) is 5.05. The number of hydrogen-bond acceptors (Lipinski definition) is 2.